The molecule has 1 aliphatic heterocycles. The molecule has 1 aliphatic rings. The Morgan fingerprint density at radius 3 is 2.87 bits per heavy atom. The number of hydrogen-bond donors (Lipinski definition) is 1. The molecule has 1 aromatic heterocycles. The molecule has 2 heterocycles. The first-order valence-electron chi connectivity index (χ1n) is 7.71. The molecule has 6 heteroatoms. The third-order valence-corrected chi connectivity index (χ3v) is 3.74. The number of hydrogen-bond acceptors (Lipinski definition) is 4. The highest BCUT2D eigenvalue weighted by Gasteiger charge is 2.29. The number of nitrogens with one attached hydrogen (secondary N) is 1. The van der Waals surface area contributed by atoms with E-state index in [0.29, 0.717) is 24.6 Å². The van der Waals surface area contributed by atoms with Crippen LogP contribution in [0.25, 0.3) is 0 Å². The minimum Gasteiger partial charge on any atom is -0.382 e. The Hall–Kier alpha value is -2.63. The van der Waals surface area contributed by atoms with E-state index in [1.54, 1.807) is 10.9 Å². The van der Waals surface area contributed by atoms with Gasteiger partial charge in [-0.15, -0.1) is 0 Å². The topological polar surface area (TPSA) is 68.5 Å². The van der Waals surface area contributed by atoms with E-state index < -0.39 is 6.10 Å². The predicted molar refractivity (Wildman–Crippen MR) is 88.2 cm³/mol. The molecule has 0 saturated carbocycles. The number of carbonyl (C=O) groups is 1. The van der Waals surface area contributed by atoms with E-state index in [-0.39, 0.29) is 5.91 Å². The summed E-state index contributed by atoms with van der Waals surface area (Å²) in [4.78, 5) is 17.4. The average Bonchev–Trinajstić information content (AvgIpc) is 3.18. The monoisotopic (exact) mass is 312 g/mol. The Morgan fingerprint density at radius 1 is 1.39 bits per heavy atom. The van der Waals surface area contributed by atoms with Gasteiger partial charge in [0, 0.05) is 12.6 Å². The molecule has 0 aliphatic carbocycles. The third kappa shape index (κ3) is 3.77. The van der Waals surface area contributed by atoms with E-state index >= 15 is 0 Å². The van der Waals surface area contributed by atoms with Crippen molar-refractivity contribution in [3.8, 4) is 0 Å². The molecule has 0 bridgehead atoms. The largest absolute Gasteiger partial charge is 0.382 e. The van der Waals surface area contributed by atoms with Crippen molar-refractivity contribution in [3.05, 3.63) is 48.3 Å². The molecular weight excluding hydrogens is 292 g/mol. The molecule has 1 atom stereocenters. The smallest absolute Gasteiger partial charge is 0.268 e. The van der Waals surface area contributed by atoms with E-state index in [9.17, 15) is 4.79 Å². The van der Waals surface area contributed by atoms with Crippen molar-refractivity contribution in [2.24, 2.45) is 11.1 Å². The van der Waals surface area contributed by atoms with Crippen LogP contribution in [0.15, 0.2) is 47.9 Å². The van der Waals surface area contributed by atoms with Crippen LogP contribution in [0, 0.1) is 5.92 Å². The van der Waals surface area contributed by atoms with Crippen LogP contribution in [-0.2, 0) is 16.2 Å². The van der Waals surface area contributed by atoms with Gasteiger partial charge in [-0.25, -0.2) is 0 Å². The predicted octanol–water partition coefficient (Wildman–Crippen LogP) is 2.67. The normalized spacial score (nSPS) is 17.0. The van der Waals surface area contributed by atoms with Crippen LogP contribution >= 0.6 is 0 Å². The van der Waals surface area contributed by atoms with Crippen molar-refractivity contribution in [2.45, 2.75) is 32.9 Å². The second-order valence-electron chi connectivity index (χ2n) is 5.94. The molecule has 1 unspecified atom stereocenters. The van der Waals surface area contributed by atoms with Crippen molar-refractivity contribution in [3.63, 3.8) is 0 Å². The van der Waals surface area contributed by atoms with Crippen molar-refractivity contribution < 1.29 is 9.63 Å². The number of carbonyl (C=O) groups excluding carboxylic acids is 1. The van der Waals surface area contributed by atoms with Gasteiger partial charge in [0.25, 0.3) is 5.91 Å². The van der Waals surface area contributed by atoms with Crippen molar-refractivity contribution in [1.29, 1.82) is 0 Å². The van der Waals surface area contributed by atoms with Crippen LogP contribution in [0.2, 0.25) is 0 Å². The SMILES string of the molecule is CC(C)C1=NOC(C(=O)Nc2cnn(Cc3ccccc3)c2)C1. The molecule has 0 spiro atoms. The lowest BCUT2D eigenvalue weighted by molar-refractivity contribution is -0.125. The number of amides is 1. The van der Waals surface area contributed by atoms with E-state index in [4.69, 9.17) is 4.84 Å². The molecule has 1 N–H and O–H groups in total. The van der Waals surface area contributed by atoms with E-state index in [1.165, 1.54) is 0 Å². The quantitative estimate of drug-likeness (QED) is 0.923. The lowest BCUT2D eigenvalue weighted by Crippen LogP contribution is -2.28. The number of rotatable bonds is 5. The van der Waals surface area contributed by atoms with E-state index in [0.717, 1.165) is 11.3 Å². The number of aromatic nitrogens is 2. The Balaban J connectivity index is 1.56. The fourth-order valence-corrected chi connectivity index (χ4v) is 2.39. The molecule has 120 valence electrons. The van der Waals surface area contributed by atoms with Gasteiger partial charge in [0.05, 0.1) is 24.1 Å². The zero-order chi connectivity index (χ0) is 16.2. The van der Waals surface area contributed by atoms with Crippen molar-refractivity contribution in [1.82, 2.24) is 9.78 Å². The summed E-state index contributed by atoms with van der Waals surface area (Å²) in [5.74, 6) is 0.102. The zero-order valence-corrected chi connectivity index (χ0v) is 13.3. The van der Waals surface area contributed by atoms with Crippen molar-refractivity contribution in [2.75, 3.05) is 5.32 Å². The van der Waals surface area contributed by atoms with Crippen LogP contribution in [0.5, 0.6) is 0 Å². The fraction of sp³-hybridized carbons (Fsp3) is 0.353. The average molecular weight is 312 g/mol. The summed E-state index contributed by atoms with van der Waals surface area (Å²) in [6.07, 6.45) is 3.44. The van der Waals surface area contributed by atoms with Crippen molar-refractivity contribution >= 4 is 17.3 Å². The standard InChI is InChI=1S/C17H20N4O2/c1-12(2)15-8-16(23-20-15)17(22)19-14-9-18-21(11-14)10-13-6-4-3-5-7-13/h3-7,9,11-12,16H,8,10H2,1-2H3,(H,19,22). The second-order valence-corrected chi connectivity index (χ2v) is 5.94. The first-order valence-corrected chi connectivity index (χ1v) is 7.71. The number of benzene rings is 1. The highest BCUT2D eigenvalue weighted by Crippen LogP contribution is 2.18. The zero-order valence-electron chi connectivity index (χ0n) is 13.3. The molecule has 23 heavy (non-hydrogen) atoms. The maximum atomic E-state index is 12.2. The summed E-state index contributed by atoms with van der Waals surface area (Å²) in [6.45, 7) is 4.74. The Bertz CT molecular complexity index is 706. The molecule has 3 rings (SSSR count). The Morgan fingerprint density at radius 2 is 2.17 bits per heavy atom. The van der Waals surface area contributed by atoms with Crippen LogP contribution < -0.4 is 5.32 Å². The number of oxime groups is 1. The molecule has 2 aromatic rings. The molecule has 0 fully saturated rings. The summed E-state index contributed by atoms with van der Waals surface area (Å²) in [7, 11) is 0. The maximum absolute atomic E-state index is 12.2. The lowest BCUT2D eigenvalue weighted by Gasteiger charge is -2.08. The van der Waals surface area contributed by atoms with E-state index in [2.05, 4.69) is 15.6 Å². The molecule has 6 nitrogen and oxygen atoms in total. The maximum Gasteiger partial charge on any atom is 0.268 e. The second kappa shape index (κ2) is 6.64. The summed E-state index contributed by atoms with van der Waals surface area (Å²) in [6, 6.07) is 10.0. The first kappa shape index (κ1) is 15.3. The highest BCUT2D eigenvalue weighted by molar-refractivity contribution is 5.99. The van der Waals surface area contributed by atoms with E-state index in [1.807, 2.05) is 50.4 Å². The third-order valence-electron chi connectivity index (χ3n) is 3.74. The first-order chi connectivity index (χ1) is 11.1. The van der Waals surface area contributed by atoms with Crippen LogP contribution in [0.4, 0.5) is 5.69 Å². The van der Waals surface area contributed by atoms with Gasteiger partial charge in [0.2, 0.25) is 6.10 Å². The summed E-state index contributed by atoms with van der Waals surface area (Å²) in [5.41, 5.74) is 2.74. The highest BCUT2D eigenvalue weighted by atomic mass is 16.6. The molecule has 1 amide bonds. The Labute approximate surface area is 135 Å². The fourth-order valence-electron chi connectivity index (χ4n) is 2.39. The summed E-state index contributed by atoms with van der Waals surface area (Å²) >= 11 is 0. The van der Waals surface area contributed by atoms with Gasteiger partial charge in [0.1, 0.15) is 0 Å². The van der Waals surface area contributed by atoms with Gasteiger partial charge in [-0.1, -0.05) is 49.3 Å². The van der Waals surface area contributed by atoms with Gasteiger partial charge >= 0.3 is 0 Å². The summed E-state index contributed by atoms with van der Waals surface area (Å²) in [5, 5.41) is 11.1. The number of nitrogens with zero attached hydrogens (tertiary/aromatic N) is 3. The minimum absolute atomic E-state index is 0.191. The van der Waals surface area contributed by atoms with Gasteiger partial charge in [-0.3, -0.25) is 9.48 Å². The molecule has 1 aromatic carbocycles. The molecular formula is C17H20N4O2. The minimum atomic E-state index is -0.551. The number of anilines is 1. The molecule has 0 saturated heterocycles. The molecule has 0 radical (unpaired) electrons. The van der Waals surface area contributed by atoms with Crippen LogP contribution in [-0.4, -0.2) is 27.5 Å². The van der Waals surface area contributed by atoms with Crippen LogP contribution in [0.3, 0.4) is 0 Å². The van der Waals surface area contributed by atoms with Gasteiger partial charge < -0.3 is 10.2 Å². The lowest BCUT2D eigenvalue weighted by atomic mass is 10.0. The Kier molecular flexibility index (Phi) is 4.41. The van der Waals surface area contributed by atoms with Gasteiger partial charge in [-0.2, -0.15) is 5.10 Å². The van der Waals surface area contributed by atoms with Crippen LogP contribution in [0.1, 0.15) is 25.8 Å². The van der Waals surface area contributed by atoms with Gasteiger partial charge in [0.15, 0.2) is 0 Å². The van der Waals surface area contributed by atoms with Gasteiger partial charge in [-0.05, 0) is 11.5 Å². The summed E-state index contributed by atoms with van der Waals surface area (Å²) < 4.78 is 1.79.